The lowest BCUT2D eigenvalue weighted by molar-refractivity contribution is -0.127. The highest BCUT2D eigenvalue weighted by molar-refractivity contribution is 6.30. The Hall–Kier alpha value is -3.63. The monoisotopic (exact) mass is 456 g/mol. The maximum Gasteiger partial charge on any atom is 0.249 e. The van der Waals surface area contributed by atoms with E-state index in [4.69, 9.17) is 11.6 Å². The normalized spacial score (nSPS) is 11.7. The van der Waals surface area contributed by atoms with Gasteiger partial charge in [-0.3, -0.25) is 9.59 Å². The first-order valence-corrected chi connectivity index (χ1v) is 11.2. The second kappa shape index (κ2) is 10.3. The maximum atomic E-state index is 13.4. The van der Waals surface area contributed by atoms with Crippen molar-refractivity contribution in [2.75, 3.05) is 11.9 Å². The van der Waals surface area contributed by atoms with Crippen LogP contribution >= 0.6 is 11.6 Å². The lowest BCUT2D eigenvalue weighted by Crippen LogP contribution is -2.49. The Morgan fingerprint density at radius 1 is 0.818 bits per heavy atom. The SMILES string of the molecule is CN(C(=O)[C@H](Cc1ccccc1)NC(=O)Cc1ccc2ccccc2c1)c1ccc(Cl)cc1. The van der Waals surface area contributed by atoms with E-state index in [-0.39, 0.29) is 18.2 Å². The summed E-state index contributed by atoms with van der Waals surface area (Å²) in [7, 11) is 1.71. The molecule has 0 aromatic heterocycles. The van der Waals surface area contributed by atoms with E-state index < -0.39 is 6.04 Å². The van der Waals surface area contributed by atoms with Crippen molar-refractivity contribution < 1.29 is 9.59 Å². The fourth-order valence-corrected chi connectivity index (χ4v) is 3.98. The molecule has 0 saturated carbocycles. The van der Waals surface area contributed by atoms with Crippen LogP contribution in [-0.4, -0.2) is 24.9 Å². The number of nitrogens with one attached hydrogen (secondary N) is 1. The summed E-state index contributed by atoms with van der Waals surface area (Å²) in [6.45, 7) is 0. The van der Waals surface area contributed by atoms with Crippen LogP contribution in [0.5, 0.6) is 0 Å². The number of carbonyl (C=O) groups excluding carboxylic acids is 2. The average molecular weight is 457 g/mol. The van der Waals surface area contributed by atoms with Crippen molar-refractivity contribution >= 4 is 39.9 Å². The van der Waals surface area contributed by atoms with E-state index >= 15 is 0 Å². The third kappa shape index (κ3) is 5.79. The van der Waals surface area contributed by atoms with Crippen molar-refractivity contribution in [1.82, 2.24) is 5.32 Å². The number of fused-ring (bicyclic) bond motifs is 1. The minimum atomic E-state index is -0.693. The molecule has 2 amide bonds. The zero-order valence-corrected chi connectivity index (χ0v) is 19.1. The van der Waals surface area contributed by atoms with E-state index in [1.165, 1.54) is 0 Å². The lowest BCUT2D eigenvalue weighted by atomic mass is 10.0. The van der Waals surface area contributed by atoms with Crippen LogP contribution in [0.1, 0.15) is 11.1 Å². The summed E-state index contributed by atoms with van der Waals surface area (Å²) in [5.74, 6) is -0.378. The minimum Gasteiger partial charge on any atom is -0.344 e. The number of anilines is 1. The average Bonchev–Trinajstić information content (AvgIpc) is 2.84. The van der Waals surface area contributed by atoms with Gasteiger partial charge in [-0.15, -0.1) is 0 Å². The van der Waals surface area contributed by atoms with Crippen molar-refractivity contribution in [1.29, 1.82) is 0 Å². The van der Waals surface area contributed by atoms with E-state index in [9.17, 15) is 9.59 Å². The highest BCUT2D eigenvalue weighted by atomic mass is 35.5. The molecule has 0 radical (unpaired) electrons. The predicted molar refractivity (Wildman–Crippen MR) is 135 cm³/mol. The predicted octanol–water partition coefficient (Wildman–Crippen LogP) is 5.43. The van der Waals surface area contributed by atoms with Crippen LogP contribution in [0, 0.1) is 0 Å². The fraction of sp³-hybridized carbons (Fsp3) is 0.143. The van der Waals surface area contributed by atoms with Crippen LogP contribution in [0.25, 0.3) is 10.8 Å². The third-order valence-corrected chi connectivity index (χ3v) is 5.89. The van der Waals surface area contributed by atoms with Crippen molar-refractivity contribution in [2.45, 2.75) is 18.9 Å². The summed E-state index contributed by atoms with van der Waals surface area (Å²) in [6.07, 6.45) is 0.606. The molecule has 0 fully saturated rings. The zero-order valence-electron chi connectivity index (χ0n) is 18.4. The molecule has 4 rings (SSSR count). The molecule has 0 unspecified atom stereocenters. The van der Waals surface area contributed by atoms with Gasteiger partial charge in [0.1, 0.15) is 6.04 Å². The van der Waals surface area contributed by atoms with E-state index in [0.717, 1.165) is 21.9 Å². The van der Waals surface area contributed by atoms with Gasteiger partial charge in [0.05, 0.1) is 6.42 Å². The Bertz CT molecular complexity index is 1260. The van der Waals surface area contributed by atoms with Gasteiger partial charge in [-0.05, 0) is 46.2 Å². The molecule has 1 atom stereocenters. The van der Waals surface area contributed by atoms with Gasteiger partial charge >= 0.3 is 0 Å². The Kier molecular flexibility index (Phi) is 7.06. The van der Waals surface area contributed by atoms with Gasteiger partial charge in [0, 0.05) is 24.2 Å². The van der Waals surface area contributed by atoms with Crippen molar-refractivity contribution in [3.05, 3.63) is 113 Å². The van der Waals surface area contributed by atoms with Crippen LogP contribution in [0.3, 0.4) is 0 Å². The van der Waals surface area contributed by atoms with Gasteiger partial charge in [0.15, 0.2) is 0 Å². The van der Waals surface area contributed by atoms with Crippen LogP contribution in [0.2, 0.25) is 5.02 Å². The number of hydrogen-bond acceptors (Lipinski definition) is 2. The summed E-state index contributed by atoms with van der Waals surface area (Å²) >= 11 is 5.99. The first-order chi connectivity index (χ1) is 16.0. The lowest BCUT2D eigenvalue weighted by Gasteiger charge is -2.25. The standard InChI is InChI=1S/C28H25ClN2O2/c1-31(25-15-13-24(29)14-16-25)28(33)26(18-20-7-3-2-4-8-20)30-27(32)19-21-11-12-22-9-5-6-10-23(22)17-21/h2-17,26H,18-19H2,1H3,(H,30,32)/t26-/m0/s1. The molecule has 0 saturated heterocycles. The molecular weight excluding hydrogens is 432 g/mol. The highest BCUT2D eigenvalue weighted by Gasteiger charge is 2.25. The summed E-state index contributed by atoms with van der Waals surface area (Å²) in [5.41, 5.74) is 2.60. The molecule has 1 N–H and O–H groups in total. The Balaban J connectivity index is 1.52. The fourth-order valence-electron chi connectivity index (χ4n) is 3.86. The minimum absolute atomic E-state index is 0.187. The first kappa shape index (κ1) is 22.6. The van der Waals surface area contributed by atoms with E-state index in [1.54, 1.807) is 36.2 Å². The number of likely N-dealkylation sites (N-methyl/N-ethyl adjacent to an activating group) is 1. The molecule has 0 spiro atoms. The van der Waals surface area contributed by atoms with Gasteiger partial charge < -0.3 is 10.2 Å². The number of amides is 2. The number of rotatable bonds is 7. The number of benzene rings is 4. The number of nitrogens with zero attached hydrogens (tertiary/aromatic N) is 1. The summed E-state index contributed by atoms with van der Waals surface area (Å²) < 4.78 is 0. The van der Waals surface area contributed by atoms with E-state index in [2.05, 4.69) is 5.32 Å². The second-order valence-corrected chi connectivity index (χ2v) is 8.48. The van der Waals surface area contributed by atoms with Crippen molar-refractivity contribution in [3.8, 4) is 0 Å². The molecule has 4 aromatic rings. The zero-order chi connectivity index (χ0) is 23.2. The van der Waals surface area contributed by atoms with Crippen LogP contribution in [-0.2, 0) is 22.4 Å². The third-order valence-electron chi connectivity index (χ3n) is 5.64. The molecule has 0 aliphatic carbocycles. The number of halogens is 1. The van der Waals surface area contributed by atoms with Gasteiger partial charge in [-0.2, -0.15) is 0 Å². The molecule has 5 heteroatoms. The van der Waals surface area contributed by atoms with Gasteiger partial charge in [0.2, 0.25) is 11.8 Å². The van der Waals surface area contributed by atoms with Crippen LogP contribution in [0.4, 0.5) is 5.69 Å². The highest BCUT2D eigenvalue weighted by Crippen LogP contribution is 2.19. The Morgan fingerprint density at radius 3 is 2.21 bits per heavy atom. The van der Waals surface area contributed by atoms with Crippen LogP contribution in [0.15, 0.2) is 97.1 Å². The summed E-state index contributed by atoms with van der Waals surface area (Å²) in [6, 6.07) is 30.1. The van der Waals surface area contributed by atoms with Gasteiger partial charge in [-0.1, -0.05) is 84.4 Å². The Labute approximate surface area is 198 Å². The smallest absolute Gasteiger partial charge is 0.249 e. The second-order valence-electron chi connectivity index (χ2n) is 8.04. The first-order valence-electron chi connectivity index (χ1n) is 10.8. The quantitative estimate of drug-likeness (QED) is 0.403. The van der Waals surface area contributed by atoms with Gasteiger partial charge in [-0.25, -0.2) is 0 Å². The largest absolute Gasteiger partial charge is 0.344 e. The van der Waals surface area contributed by atoms with E-state index in [0.29, 0.717) is 17.1 Å². The maximum absolute atomic E-state index is 13.4. The topological polar surface area (TPSA) is 49.4 Å². The molecule has 0 aliphatic rings. The number of carbonyl (C=O) groups is 2. The summed E-state index contributed by atoms with van der Waals surface area (Å²) in [5, 5.41) is 5.78. The number of hydrogen-bond donors (Lipinski definition) is 1. The van der Waals surface area contributed by atoms with Crippen molar-refractivity contribution in [3.63, 3.8) is 0 Å². The molecule has 166 valence electrons. The molecular formula is C28H25ClN2O2. The Morgan fingerprint density at radius 2 is 1.48 bits per heavy atom. The summed E-state index contributed by atoms with van der Waals surface area (Å²) in [4.78, 5) is 27.9. The molecule has 4 aromatic carbocycles. The molecule has 0 aliphatic heterocycles. The molecule has 33 heavy (non-hydrogen) atoms. The molecule has 0 heterocycles. The van der Waals surface area contributed by atoms with E-state index in [1.807, 2.05) is 72.8 Å². The van der Waals surface area contributed by atoms with Crippen LogP contribution < -0.4 is 10.2 Å². The molecule has 0 bridgehead atoms. The van der Waals surface area contributed by atoms with Crippen molar-refractivity contribution in [2.24, 2.45) is 0 Å². The van der Waals surface area contributed by atoms with Gasteiger partial charge in [0.25, 0.3) is 0 Å². The molecule has 4 nitrogen and oxygen atoms in total.